The zero-order valence-electron chi connectivity index (χ0n) is 11.7. The van der Waals surface area contributed by atoms with Crippen molar-refractivity contribution in [3.63, 3.8) is 0 Å². The second kappa shape index (κ2) is 8.49. The molecule has 1 heteroatoms. The Morgan fingerprint density at radius 1 is 0.947 bits per heavy atom. The molecule has 0 amide bonds. The number of benzene rings is 1. The van der Waals surface area contributed by atoms with Gasteiger partial charge in [0, 0.05) is 0 Å². The summed E-state index contributed by atoms with van der Waals surface area (Å²) in [6.07, 6.45) is 9.28. The number of hydrogen-bond acceptors (Lipinski definition) is 1. The molecule has 0 spiro atoms. The van der Waals surface area contributed by atoms with Crippen molar-refractivity contribution in [3.05, 3.63) is 73.9 Å². The fourth-order valence-corrected chi connectivity index (χ4v) is 2.26. The maximum Gasteiger partial charge on any atom is 0.0758 e. The summed E-state index contributed by atoms with van der Waals surface area (Å²) in [5, 5.41) is 0. The van der Waals surface area contributed by atoms with Crippen LogP contribution in [0.15, 0.2) is 68.3 Å². The van der Waals surface area contributed by atoms with Gasteiger partial charge in [0.05, 0.1) is 12.2 Å². The average molecular weight is 256 g/mol. The SMILES string of the molecule is C=CCOC(CC=C)(CC=C)CCc1ccccc1. The van der Waals surface area contributed by atoms with Gasteiger partial charge in [-0.05, 0) is 31.2 Å². The van der Waals surface area contributed by atoms with Crippen molar-refractivity contribution in [1.82, 2.24) is 0 Å². The van der Waals surface area contributed by atoms with Crippen LogP contribution in [0, 0.1) is 0 Å². The molecule has 0 heterocycles. The smallest absolute Gasteiger partial charge is 0.0758 e. The van der Waals surface area contributed by atoms with Crippen molar-refractivity contribution in [3.8, 4) is 0 Å². The Balaban J connectivity index is 2.72. The van der Waals surface area contributed by atoms with Crippen LogP contribution in [-0.4, -0.2) is 12.2 Å². The number of ether oxygens (including phenoxy) is 1. The maximum absolute atomic E-state index is 6.02. The van der Waals surface area contributed by atoms with Gasteiger partial charge >= 0.3 is 0 Å². The standard InChI is InChI=1S/C18H24O/c1-4-13-18(14-5-2,19-16-6-3)15-12-17-10-8-7-9-11-17/h4-11H,1-3,12-16H2. The van der Waals surface area contributed by atoms with Gasteiger partial charge < -0.3 is 4.74 Å². The third kappa shape index (κ3) is 5.27. The van der Waals surface area contributed by atoms with Crippen LogP contribution in [0.5, 0.6) is 0 Å². The number of aryl methyl sites for hydroxylation is 1. The van der Waals surface area contributed by atoms with E-state index in [1.165, 1.54) is 5.56 Å². The van der Waals surface area contributed by atoms with Gasteiger partial charge in [-0.2, -0.15) is 0 Å². The molecule has 0 radical (unpaired) electrons. The van der Waals surface area contributed by atoms with E-state index in [4.69, 9.17) is 4.74 Å². The lowest BCUT2D eigenvalue weighted by Gasteiger charge is -2.32. The lowest BCUT2D eigenvalue weighted by Crippen LogP contribution is -2.32. The van der Waals surface area contributed by atoms with Crippen LogP contribution in [0.2, 0.25) is 0 Å². The molecule has 0 N–H and O–H groups in total. The van der Waals surface area contributed by atoms with Gasteiger partial charge in [-0.1, -0.05) is 48.6 Å². The lowest BCUT2D eigenvalue weighted by atomic mass is 9.88. The average Bonchev–Trinajstić information content (AvgIpc) is 2.45. The zero-order chi connectivity index (χ0) is 14.0. The molecule has 1 nitrogen and oxygen atoms in total. The molecule has 0 aromatic heterocycles. The Morgan fingerprint density at radius 3 is 2.11 bits per heavy atom. The minimum Gasteiger partial charge on any atom is -0.370 e. The number of hydrogen-bond donors (Lipinski definition) is 0. The predicted molar refractivity (Wildman–Crippen MR) is 83.3 cm³/mol. The highest BCUT2D eigenvalue weighted by molar-refractivity contribution is 5.15. The highest BCUT2D eigenvalue weighted by atomic mass is 16.5. The first-order valence-corrected chi connectivity index (χ1v) is 6.77. The molecule has 1 aromatic rings. The number of rotatable bonds is 10. The van der Waals surface area contributed by atoms with Crippen LogP contribution in [0.25, 0.3) is 0 Å². The Kier molecular flexibility index (Phi) is 6.91. The van der Waals surface area contributed by atoms with Crippen molar-refractivity contribution in [2.24, 2.45) is 0 Å². The molecule has 0 aliphatic heterocycles. The second-order valence-electron chi connectivity index (χ2n) is 4.75. The summed E-state index contributed by atoms with van der Waals surface area (Å²) in [5.41, 5.74) is 1.13. The van der Waals surface area contributed by atoms with Crippen LogP contribution < -0.4 is 0 Å². The third-order valence-corrected chi connectivity index (χ3v) is 3.25. The van der Waals surface area contributed by atoms with Crippen molar-refractivity contribution in [1.29, 1.82) is 0 Å². The van der Waals surface area contributed by atoms with Gasteiger partial charge in [-0.25, -0.2) is 0 Å². The predicted octanol–water partition coefficient (Wildman–Crippen LogP) is 4.71. The topological polar surface area (TPSA) is 9.23 Å². The van der Waals surface area contributed by atoms with Crippen molar-refractivity contribution < 1.29 is 4.74 Å². The molecule has 0 aliphatic carbocycles. The molecule has 0 fully saturated rings. The molecule has 19 heavy (non-hydrogen) atoms. The van der Waals surface area contributed by atoms with E-state index >= 15 is 0 Å². The fraction of sp³-hybridized carbons (Fsp3) is 0.333. The summed E-state index contributed by atoms with van der Waals surface area (Å²) in [4.78, 5) is 0. The van der Waals surface area contributed by atoms with Crippen LogP contribution in [0.1, 0.15) is 24.8 Å². The molecule has 0 atom stereocenters. The summed E-state index contributed by atoms with van der Waals surface area (Å²) in [7, 11) is 0. The fourth-order valence-electron chi connectivity index (χ4n) is 2.26. The first-order chi connectivity index (χ1) is 9.26. The minimum absolute atomic E-state index is 0.201. The molecule has 102 valence electrons. The van der Waals surface area contributed by atoms with E-state index in [-0.39, 0.29) is 5.60 Å². The van der Waals surface area contributed by atoms with E-state index < -0.39 is 0 Å². The molecule has 0 aliphatic rings. The summed E-state index contributed by atoms with van der Waals surface area (Å²) < 4.78 is 6.02. The second-order valence-corrected chi connectivity index (χ2v) is 4.75. The van der Waals surface area contributed by atoms with E-state index in [0.717, 1.165) is 25.7 Å². The molecule has 0 bridgehead atoms. The normalized spacial score (nSPS) is 10.9. The van der Waals surface area contributed by atoms with Crippen LogP contribution in [0.3, 0.4) is 0 Å². The van der Waals surface area contributed by atoms with Gasteiger partial charge in [0.15, 0.2) is 0 Å². The summed E-state index contributed by atoms with van der Waals surface area (Å²) in [6.45, 7) is 12.0. The maximum atomic E-state index is 6.02. The first kappa shape index (κ1) is 15.5. The van der Waals surface area contributed by atoms with Crippen molar-refractivity contribution in [2.45, 2.75) is 31.3 Å². The molecule has 0 unspecified atom stereocenters. The molecule has 0 saturated carbocycles. The summed E-state index contributed by atoms with van der Waals surface area (Å²) >= 11 is 0. The Labute approximate surface area is 117 Å². The van der Waals surface area contributed by atoms with Crippen LogP contribution >= 0.6 is 0 Å². The monoisotopic (exact) mass is 256 g/mol. The molecular weight excluding hydrogens is 232 g/mol. The van der Waals surface area contributed by atoms with Crippen LogP contribution in [0.4, 0.5) is 0 Å². The lowest BCUT2D eigenvalue weighted by molar-refractivity contribution is -0.0327. The Hall–Kier alpha value is -1.60. The largest absolute Gasteiger partial charge is 0.370 e. The van der Waals surface area contributed by atoms with E-state index in [0.29, 0.717) is 6.61 Å². The molecule has 1 aromatic carbocycles. The zero-order valence-corrected chi connectivity index (χ0v) is 11.7. The molecule has 0 saturated heterocycles. The van der Waals surface area contributed by atoms with E-state index in [2.05, 4.69) is 44.0 Å². The van der Waals surface area contributed by atoms with Gasteiger partial charge in [-0.3, -0.25) is 0 Å². The van der Waals surface area contributed by atoms with Gasteiger partial charge in [0.1, 0.15) is 0 Å². The first-order valence-electron chi connectivity index (χ1n) is 6.77. The molecular formula is C18H24O. The van der Waals surface area contributed by atoms with Gasteiger partial charge in [-0.15, -0.1) is 19.7 Å². The summed E-state index contributed by atoms with van der Waals surface area (Å²) in [6, 6.07) is 10.5. The van der Waals surface area contributed by atoms with E-state index in [1.807, 2.05) is 18.2 Å². The quantitative estimate of drug-likeness (QED) is 0.551. The molecule has 1 rings (SSSR count). The highest BCUT2D eigenvalue weighted by Gasteiger charge is 2.27. The van der Waals surface area contributed by atoms with E-state index in [9.17, 15) is 0 Å². The minimum atomic E-state index is -0.201. The summed E-state index contributed by atoms with van der Waals surface area (Å²) in [5.74, 6) is 0. The van der Waals surface area contributed by atoms with E-state index in [1.54, 1.807) is 6.08 Å². The van der Waals surface area contributed by atoms with Crippen LogP contribution in [-0.2, 0) is 11.2 Å². The van der Waals surface area contributed by atoms with Gasteiger partial charge in [0.2, 0.25) is 0 Å². The third-order valence-electron chi connectivity index (χ3n) is 3.25. The van der Waals surface area contributed by atoms with Crippen molar-refractivity contribution in [2.75, 3.05) is 6.61 Å². The highest BCUT2D eigenvalue weighted by Crippen LogP contribution is 2.28. The van der Waals surface area contributed by atoms with Crippen molar-refractivity contribution >= 4 is 0 Å². The Bertz CT molecular complexity index is 381. The Morgan fingerprint density at radius 2 is 1.58 bits per heavy atom. The van der Waals surface area contributed by atoms with Gasteiger partial charge in [0.25, 0.3) is 0 Å².